The molecule has 0 radical (unpaired) electrons. The topological polar surface area (TPSA) is 95.5 Å². The molecule has 1 aliphatic rings. The SMILES string of the molecule is O=C1CC[C@@H](C(=O)NCc2cccc(C(=O)O)c2)N1. The molecule has 2 rings (SSSR count). The third-order valence-corrected chi connectivity index (χ3v) is 2.95. The number of carboxylic acid groups (broad SMARTS) is 1. The summed E-state index contributed by atoms with van der Waals surface area (Å²) in [6.07, 6.45) is 0.867. The fourth-order valence-electron chi connectivity index (χ4n) is 1.94. The summed E-state index contributed by atoms with van der Waals surface area (Å²) in [6, 6.07) is 5.89. The Hall–Kier alpha value is -2.37. The van der Waals surface area contributed by atoms with Crippen LogP contribution in [0.2, 0.25) is 0 Å². The van der Waals surface area contributed by atoms with Crippen molar-refractivity contribution in [3.05, 3.63) is 35.4 Å². The van der Waals surface area contributed by atoms with Gasteiger partial charge in [-0.15, -0.1) is 0 Å². The number of rotatable bonds is 4. The minimum atomic E-state index is -1.00. The Morgan fingerprint density at radius 1 is 1.42 bits per heavy atom. The minimum Gasteiger partial charge on any atom is -0.478 e. The summed E-state index contributed by atoms with van der Waals surface area (Å²) >= 11 is 0. The molecule has 0 aromatic heterocycles. The van der Waals surface area contributed by atoms with E-state index in [2.05, 4.69) is 10.6 Å². The first-order valence-electron chi connectivity index (χ1n) is 5.95. The molecule has 1 heterocycles. The van der Waals surface area contributed by atoms with Gasteiger partial charge >= 0.3 is 5.97 Å². The maximum atomic E-state index is 11.7. The van der Waals surface area contributed by atoms with Crippen molar-refractivity contribution in [1.29, 1.82) is 0 Å². The van der Waals surface area contributed by atoms with Crippen LogP contribution in [0, 0.1) is 0 Å². The average molecular weight is 262 g/mol. The highest BCUT2D eigenvalue weighted by Crippen LogP contribution is 2.08. The summed E-state index contributed by atoms with van der Waals surface area (Å²) < 4.78 is 0. The third kappa shape index (κ3) is 3.31. The summed E-state index contributed by atoms with van der Waals surface area (Å²) in [4.78, 5) is 33.5. The Bertz CT molecular complexity index is 527. The highest BCUT2D eigenvalue weighted by atomic mass is 16.4. The van der Waals surface area contributed by atoms with Crippen molar-refractivity contribution in [2.24, 2.45) is 0 Å². The Kier molecular flexibility index (Phi) is 3.79. The van der Waals surface area contributed by atoms with Crippen molar-refractivity contribution in [3.8, 4) is 0 Å². The van der Waals surface area contributed by atoms with Gasteiger partial charge < -0.3 is 15.7 Å². The predicted octanol–water partition coefficient (Wildman–Crippen LogP) is 0.280. The number of aromatic carboxylic acids is 1. The molecule has 0 unspecified atom stereocenters. The lowest BCUT2D eigenvalue weighted by Gasteiger charge is -2.11. The van der Waals surface area contributed by atoms with Gasteiger partial charge in [-0.3, -0.25) is 9.59 Å². The molecular weight excluding hydrogens is 248 g/mol. The highest BCUT2D eigenvalue weighted by Gasteiger charge is 2.26. The molecule has 1 aromatic carbocycles. The second kappa shape index (κ2) is 5.51. The Balaban J connectivity index is 1.91. The van der Waals surface area contributed by atoms with Gasteiger partial charge in [-0.1, -0.05) is 12.1 Å². The van der Waals surface area contributed by atoms with Gasteiger partial charge in [0.1, 0.15) is 6.04 Å². The van der Waals surface area contributed by atoms with E-state index in [1.165, 1.54) is 12.1 Å². The van der Waals surface area contributed by atoms with Gasteiger partial charge in [0.05, 0.1) is 5.56 Å². The van der Waals surface area contributed by atoms with Crippen molar-refractivity contribution in [2.75, 3.05) is 0 Å². The standard InChI is InChI=1S/C13H14N2O4/c16-11-5-4-10(15-11)12(17)14-7-8-2-1-3-9(6-8)13(18)19/h1-3,6,10H,4-5,7H2,(H,14,17)(H,15,16)(H,18,19)/t10-/m0/s1. The quantitative estimate of drug-likeness (QED) is 0.726. The largest absolute Gasteiger partial charge is 0.478 e. The molecular formula is C13H14N2O4. The number of hydrogen-bond acceptors (Lipinski definition) is 3. The van der Waals surface area contributed by atoms with E-state index in [-0.39, 0.29) is 23.9 Å². The number of nitrogens with one attached hydrogen (secondary N) is 2. The number of carbonyl (C=O) groups is 3. The fraction of sp³-hybridized carbons (Fsp3) is 0.308. The smallest absolute Gasteiger partial charge is 0.335 e. The Morgan fingerprint density at radius 3 is 2.84 bits per heavy atom. The second-order valence-electron chi connectivity index (χ2n) is 4.38. The number of carbonyl (C=O) groups excluding carboxylic acids is 2. The minimum absolute atomic E-state index is 0.118. The van der Waals surface area contributed by atoms with Crippen molar-refractivity contribution < 1.29 is 19.5 Å². The van der Waals surface area contributed by atoms with Gasteiger partial charge in [0.25, 0.3) is 0 Å². The summed E-state index contributed by atoms with van der Waals surface area (Å²) in [5.74, 6) is -1.36. The molecule has 100 valence electrons. The van der Waals surface area contributed by atoms with Crippen LogP contribution in [0.4, 0.5) is 0 Å². The lowest BCUT2D eigenvalue weighted by molar-refractivity contribution is -0.125. The maximum absolute atomic E-state index is 11.7. The van der Waals surface area contributed by atoms with E-state index < -0.39 is 12.0 Å². The molecule has 0 spiro atoms. The molecule has 1 aromatic rings. The summed E-state index contributed by atoms with van der Waals surface area (Å²) in [7, 11) is 0. The zero-order valence-corrected chi connectivity index (χ0v) is 10.2. The lowest BCUT2D eigenvalue weighted by Crippen LogP contribution is -2.41. The second-order valence-corrected chi connectivity index (χ2v) is 4.38. The molecule has 1 fully saturated rings. The van der Waals surface area contributed by atoms with Crippen LogP contribution >= 0.6 is 0 Å². The predicted molar refractivity (Wildman–Crippen MR) is 66.4 cm³/mol. The first-order valence-corrected chi connectivity index (χ1v) is 5.95. The van der Waals surface area contributed by atoms with E-state index in [4.69, 9.17) is 5.11 Å². The highest BCUT2D eigenvalue weighted by molar-refractivity contribution is 5.91. The van der Waals surface area contributed by atoms with Crippen LogP contribution in [0.25, 0.3) is 0 Å². The molecule has 1 atom stereocenters. The molecule has 2 amide bonds. The van der Waals surface area contributed by atoms with Crippen LogP contribution in [-0.4, -0.2) is 28.9 Å². The first-order chi connectivity index (χ1) is 9.06. The van der Waals surface area contributed by atoms with Crippen molar-refractivity contribution in [1.82, 2.24) is 10.6 Å². The lowest BCUT2D eigenvalue weighted by atomic mass is 10.1. The van der Waals surface area contributed by atoms with E-state index >= 15 is 0 Å². The normalized spacial score (nSPS) is 17.9. The van der Waals surface area contributed by atoms with Crippen LogP contribution in [-0.2, 0) is 16.1 Å². The zero-order chi connectivity index (χ0) is 13.8. The van der Waals surface area contributed by atoms with Gasteiger partial charge in [-0.2, -0.15) is 0 Å². The van der Waals surface area contributed by atoms with E-state index in [0.717, 1.165) is 0 Å². The molecule has 6 heteroatoms. The molecule has 19 heavy (non-hydrogen) atoms. The van der Waals surface area contributed by atoms with Crippen LogP contribution in [0.5, 0.6) is 0 Å². The summed E-state index contributed by atoms with van der Waals surface area (Å²) in [6.45, 7) is 0.242. The zero-order valence-electron chi connectivity index (χ0n) is 10.2. The van der Waals surface area contributed by atoms with Crippen molar-refractivity contribution >= 4 is 17.8 Å². The van der Waals surface area contributed by atoms with Gasteiger partial charge in [-0.25, -0.2) is 4.79 Å². The van der Waals surface area contributed by atoms with Crippen LogP contribution in [0.15, 0.2) is 24.3 Å². The molecule has 6 nitrogen and oxygen atoms in total. The summed E-state index contributed by atoms with van der Waals surface area (Å²) in [5.41, 5.74) is 0.887. The van der Waals surface area contributed by atoms with Crippen LogP contribution in [0.3, 0.4) is 0 Å². The maximum Gasteiger partial charge on any atom is 0.335 e. The number of amides is 2. The molecule has 0 bridgehead atoms. The molecule has 1 saturated heterocycles. The van der Waals surface area contributed by atoms with E-state index in [9.17, 15) is 14.4 Å². The van der Waals surface area contributed by atoms with Gasteiger partial charge in [0.15, 0.2) is 0 Å². The molecule has 0 saturated carbocycles. The fourth-order valence-corrected chi connectivity index (χ4v) is 1.94. The number of hydrogen-bond donors (Lipinski definition) is 3. The Morgan fingerprint density at radius 2 is 2.21 bits per heavy atom. The number of benzene rings is 1. The first kappa shape index (κ1) is 13.1. The monoisotopic (exact) mass is 262 g/mol. The van der Waals surface area contributed by atoms with Crippen LogP contribution < -0.4 is 10.6 Å². The van der Waals surface area contributed by atoms with Crippen molar-refractivity contribution in [3.63, 3.8) is 0 Å². The molecule has 3 N–H and O–H groups in total. The van der Waals surface area contributed by atoms with Gasteiger partial charge in [-0.05, 0) is 24.1 Å². The van der Waals surface area contributed by atoms with E-state index in [0.29, 0.717) is 18.4 Å². The van der Waals surface area contributed by atoms with E-state index in [1.807, 2.05) is 0 Å². The van der Waals surface area contributed by atoms with Crippen molar-refractivity contribution in [2.45, 2.75) is 25.4 Å². The number of carboxylic acids is 1. The average Bonchev–Trinajstić information content (AvgIpc) is 2.83. The molecule has 1 aliphatic heterocycles. The third-order valence-electron chi connectivity index (χ3n) is 2.95. The Labute approximate surface area is 109 Å². The molecule has 0 aliphatic carbocycles. The van der Waals surface area contributed by atoms with Crippen LogP contribution in [0.1, 0.15) is 28.8 Å². The van der Waals surface area contributed by atoms with E-state index in [1.54, 1.807) is 12.1 Å². The van der Waals surface area contributed by atoms with Gasteiger partial charge in [0, 0.05) is 13.0 Å². The summed E-state index contributed by atoms with van der Waals surface area (Å²) in [5, 5.41) is 14.1. The van der Waals surface area contributed by atoms with Gasteiger partial charge in [0.2, 0.25) is 11.8 Å².